The molecule has 0 radical (unpaired) electrons. The first kappa shape index (κ1) is 16.8. The van der Waals surface area contributed by atoms with E-state index in [1.54, 1.807) is 0 Å². The molecule has 1 aromatic heterocycles. The lowest BCUT2D eigenvalue weighted by Crippen LogP contribution is -2.41. The number of carbonyl (C=O) groups is 1. The molecule has 26 heavy (non-hydrogen) atoms. The zero-order valence-corrected chi connectivity index (χ0v) is 14.9. The molecular formula is C18H22N4O4. The minimum Gasteiger partial charge on any atom is -0.454 e. The van der Waals surface area contributed by atoms with Gasteiger partial charge >= 0.3 is 0 Å². The summed E-state index contributed by atoms with van der Waals surface area (Å²) in [7, 11) is 0. The number of fused-ring (bicyclic) bond motifs is 1. The first-order chi connectivity index (χ1) is 12.6. The van der Waals surface area contributed by atoms with Crippen LogP contribution < -0.4 is 14.8 Å². The summed E-state index contributed by atoms with van der Waals surface area (Å²) in [5.74, 6) is 2.62. The monoisotopic (exact) mass is 358 g/mol. The van der Waals surface area contributed by atoms with Crippen molar-refractivity contribution in [1.29, 1.82) is 0 Å². The molecule has 8 heteroatoms. The molecule has 1 atom stereocenters. The predicted octanol–water partition coefficient (Wildman–Crippen LogP) is 1.95. The smallest absolute Gasteiger partial charge is 0.241 e. The minimum atomic E-state index is 0.126. The summed E-state index contributed by atoms with van der Waals surface area (Å²) in [6.07, 6.45) is 1.47. The van der Waals surface area contributed by atoms with Crippen LogP contribution in [-0.4, -0.2) is 46.4 Å². The molecule has 2 aromatic rings. The number of benzene rings is 1. The zero-order valence-electron chi connectivity index (χ0n) is 14.9. The summed E-state index contributed by atoms with van der Waals surface area (Å²) >= 11 is 0. The number of carbonyl (C=O) groups excluding carboxylic acids is 1. The molecule has 0 unspecified atom stereocenters. The van der Waals surface area contributed by atoms with Crippen LogP contribution in [0.25, 0.3) is 11.4 Å². The molecule has 3 heterocycles. The van der Waals surface area contributed by atoms with Gasteiger partial charge in [-0.3, -0.25) is 9.69 Å². The largest absolute Gasteiger partial charge is 0.454 e. The third kappa shape index (κ3) is 3.50. The van der Waals surface area contributed by atoms with Crippen molar-refractivity contribution in [3.05, 3.63) is 24.1 Å². The highest BCUT2D eigenvalue weighted by molar-refractivity contribution is 5.78. The number of aromatic nitrogens is 2. The Labute approximate surface area is 151 Å². The molecule has 0 saturated carbocycles. The van der Waals surface area contributed by atoms with E-state index >= 15 is 0 Å². The average molecular weight is 358 g/mol. The number of rotatable bonds is 6. The van der Waals surface area contributed by atoms with Gasteiger partial charge in [-0.15, -0.1) is 0 Å². The first-order valence-corrected chi connectivity index (χ1v) is 8.84. The van der Waals surface area contributed by atoms with Crippen molar-refractivity contribution in [2.75, 3.05) is 13.3 Å². The maximum Gasteiger partial charge on any atom is 0.241 e. The van der Waals surface area contributed by atoms with E-state index in [0.29, 0.717) is 36.5 Å². The van der Waals surface area contributed by atoms with Gasteiger partial charge < -0.3 is 19.3 Å². The van der Waals surface area contributed by atoms with Crippen molar-refractivity contribution in [3.63, 3.8) is 0 Å². The number of ether oxygens (including phenoxy) is 2. The lowest BCUT2D eigenvalue weighted by atomic mass is 10.2. The van der Waals surface area contributed by atoms with Gasteiger partial charge in [-0.25, -0.2) is 0 Å². The number of nitrogens with zero attached hydrogens (tertiary/aromatic N) is 3. The van der Waals surface area contributed by atoms with Gasteiger partial charge in [0.1, 0.15) is 0 Å². The molecule has 138 valence electrons. The standard InChI is InChI=1S/C18H22N4O4/c1-11(2)22(8-13-4-6-16(23)19-13)9-17-20-18(21-26-17)12-3-5-14-15(7-12)25-10-24-14/h3,5,7,11,13H,4,6,8-10H2,1-2H3,(H,19,23)/t13-/m0/s1. The highest BCUT2D eigenvalue weighted by Crippen LogP contribution is 2.35. The highest BCUT2D eigenvalue weighted by atomic mass is 16.7. The summed E-state index contributed by atoms with van der Waals surface area (Å²) in [4.78, 5) is 18.2. The van der Waals surface area contributed by atoms with E-state index in [4.69, 9.17) is 14.0 Å². The molecule has 2 aliphatic heterocycles. The van der Waals surface area contributed by atoms with Crippen molar-refractivity contribution in [1.82, 2.24) is 20.4 Å². The Morgan fingerprint density at radius 3 is 2.92 bits per heavy atom. The topological polar surface area (TPSA) is 89.7 Å². The van der Waals surface area contributed by atoms with E-state index in [1.165, 1.54) is 0 Å². The molecule has 1 amide bonds. The summed E-state index contributed by atoms with van der Waals surface area (Å²) in [5.41, 5.74) is 0.823. The number of hydrogen-bond acceptors (Lipinski definition) is 7. The van der Waals surface area contributed by atoms with Crippen molar-refractivity contribution in [2.24, 2.45) is 0 Å². The molecule has 1 N–H and O–H groups in total. The van der Waals surface area contributed by atoms with Crippen molar-refractivity contribution in [2.45, 2.75) is 45.3 Å². The maximum atomic E-state index is 11.4. The molecule has 1 saturated heterocycles. The quantitative estimate of drug-likeness (QED) is 0.844. The molecule has 4 rings (SSSR count). The second-order valence-corrected chi connectivity index (χ2v) is 6.91. The predicted molar refractivity (Wildman–Crippen MR) is 92.6 cm³/mol. The van der Waals surface area contributed by atoms with Crippen LogP contribution in [0.5, 0.6) is 11.5 Å². The second-order valence-electron chi connectivity index (χ2n) is 6.91. The van der Waals surface area contributed by atoms with Gasteiger partial charge in [-0.1, -0.05) is 5.16 Å². The van der Waals surface area contributed by atoms with Crippen LogP contribution in [0.15, 0.2) is 22.7 Å². The SMILES string of the molecule is CC(C)N(Cc1nc(-c2ccc3c(c2)OCO3)no1)C[C@@H]1CCC(=O)N1. The molecule has 1 fully saturated rings. The van der Waals surface area contributed by atoms with E-state index in [-0.39, 0.29) is 18.7 Å². The van der Waals surface area contributed by atoms with E-state index in [9.17, 15) is 4.79 Å². The molecule has 0 aliphatic carbocycles. The zero-order chi connectivity index (χ0) is 18.1. The van der Waals surface area contributed by atoms with Crippen LogP contribution in [0.4, 0.5) is 0 Å². The van der Waals surface area contributed by atoms with Crippen LogP contribution in [0, 0.1) is 0 Å². The van der Waals surface area contributed by atoms with Gasteiger partial charge in [0.05, 0.1) is 6.54 Å². The fourth-order valence-electron chi connectivity index (χ4n) is 3.20. The fraction of sp³-hybridized carbons (Fsp3) is 0.500. The van der Waals surface area contributed by atoms with E-state index in [0.717, 1.165) is 24.3 Å². The van der Waals surface area contributed by atoms with Crippen LogP contribution >= 0.6 is 0 Å². The van der Waals surface area contributed by atoms with Gasteiger partial charge in [0.15, 0.2) is 11.5 Å². The maximum absolute atomic E-state index is 11.4. The normalized spacial score (nSPS) is 18.8. The fourth-order valence-corrected chi connectivity index (χ4v) is 3.20. The molecule has 0 spiro atoms. The Balaban J connectivity index is 1.45. The van der Waals surface area contributed by atoms with E-state index in [2.05, 4.69) is 34.2 Å². The van der Waals surface area contributed by atoms with Crippen LogP contribution in [-0.2, 0) is 11.3 Å². The molecule has 0 bridgehead atoms. The Morgan fingerprint density at radius 2 is 2.15 bits per heavy atom. The van der Waals surface area contributed by atoms with Crippen molar-refractivity contribution >= 4 is 5.91 Å². The second kappa shape index (κ2) is 6.95. The molecule has 2 aliphatic rings. The third-order valence-corrected chi connectivity index (χ3v) is 4.71. The average Bonchev–Trinajstić information content (AvgIpc) is 3.34. The molecule has 8 nitrogen and oxygen atoms in total. The summed E-state index contributed by atoms with van der Waals surface area (Å²) in [6, 6.07) is 6.06. The van der Waals surface area contributed by atoms with Crippen LogP contribution in [0.2, 0.25) is 0 Å². The Kier molecular flexibility index (Phi) is 4.50. The van der Waals surface area contributed by atoms with Gasteiger partial charge in [-0.2, -0.15) is 4.98 Å². The van der Waals surface area contributed by atoms with Crippen LogP contribution in [0.3, 0.4) is 0 Å². The van der Waals surface area contributed by atoms with Gasteiger partial charge in [-0.05, 0) is 38.5 Å². The number of nitrogens with one attached hydrogen (secondary N) is 1. The Morgan fingerprint density at radius 1 is 1.31 bits per heavy atom. The Bertz CT molecular complexity index is 804. The minimum absolute atomic E-state index is 0.126. The molecule has 1 aromatic carbocycles. The number of hydrogen-bond donors (Lipinski definition) is 1. The Hall–Kier alpha value is -2.61. The van der Waals surface area contributed by atoms with Crippen LogP contribution in [0.1, 0.15) is 32.6 Å². The van der Waals surface area contributed by atoms with Gasteiger partial charge in [0.25, 0.3) is 0 Å². The first-order valence-electron chi connectivity index (χ1n) is 8.84. The lowest BCUT2D eigenvalue weighted by Gasteiger charge is -2.27. The third-order valence-electron chi connectivity index (χ3n) is 4.71. The van der Waals surface area contributed by atoms with Crippen molar-refractivity contribution in [3.8, 4) is 22.9 Å². The lowest BCUT2D eigenvalue weighted by molar-refractivity contribution is -0.119. The highest BCUT2D eigenvalue weighted by Gasteiger charge is 2.25. The van der Waals surface area contributed by atoms with E-state index < -0.39 is 0 Å². The van der Waals surface area contributed by atoms with E-state index in [1.807, 2.05) is 18.2 Å². The summed E-state index contributed by atoms with van der Waals surface area (Å²) in [5, 5.41) is 7.10. The number of amides is 1. The van der Waals surface area contributed by atoms with Gasteiger partial charge in [0.2, 0.25) is 24.4 Å². The van der Waals surface area contributed by atoms with Crippen molar-refractivity contribution < 1.29 is 18.8 Å². The van der Waals surface area contributed by atoms with Gasteiger partial charge in [0, 0.05) is 30.6 Å². The summed E-state index contributed by atoms with van der Waals surface area (Å²) in [6.45, 7) is 5.78. The molecular weight excluding hydrogens is 336 g/mol. The summed E-state index contributed by atoms with van der Waals surface area (Å²) < 4.78 is 16.2.